The third-order valence-electron chi connectivity index (χ3n) is 5.22. The van der Waals surface area contributed by atoms with Crippen LogP contribution in [0.25, 0.3) is 10.9 Å². The molecule has 2 atom stereocenters. The highest BCUT2D eigenvalue weighted by Crippen LogP contribution is 2.35. The highest BCUT2D eigenvalue weighted by molar-refractivity contribution is 5.86. The van der Waals surface area contributed by atoms with Gasteiger partial charge in [0.25, 0.3) is 0 Å². The summed E-state index contributed by atoms with van der Waals surface area (Å²) < 4.78 is 15.7. The number of halogens is 1. The van der Waals surface area contributed by atoms with Crippen LogP contribution in [-0.4, -0.2) is 16.5 Å². The third kappa shape index (κ3) is 4.21. The second-order valence-electron chi connectivity index (χ2n) is 7.07. The number of aromatic nitrogens is 1. The number of carbonyl (C=O) groups excluding carboxylic acids is 1. The zero-order chi connectivity index (χ0) is 19.4. The van der Waals surface area contributed by atoms with Crippen LogP contribution in [0.2, 0.25) is 0 Å². The Morgan fingerprint density at radius 1 is 1.11 bits per heavy atom. The Morgan fingerprint density at radius 2 is 1.81 bits per heavy atom. The smallest absolute Gasteiger partial charge is 0.221 e. The standard InChI is InChI=1S/C23H27FN2O/c1-4-16(3)25-23(27)14-20(17-10-12-18(24)13-11-17)21-15-26(5-2)22-9-7-6-8-19(21)22/h6-13,15-16,20H,4-5,14H2,1-3H3,(H,25,27)/t16-,20-/m1/s1. The van der Waals surface area contributed by atoms with Crippen molar-refractivity contribution < 1.29 is 9.18 Å². The fourth-order valence-corrected chi connectivity index (χ4v) is 3.54. The maximum atomic E-state index is 13.5. The summed E-state index contributed by atoms with van der Waals surface area (Å²) >= 11 is 0. The summed E-state index contributed by atoms with van der Waals surface area (Å²) in [4.78, 5) is 12.7. The minimum atomic E-state index is -0.266. The molecule has 1 amide bonds. The average molecular weight is 366 g/mol. The molecule has 0 fully saturated rings. The van der Waals surface area contributed by atoms with Crippen molar-refractivity contribution in [2.45, 2.75) is 52.1 Å². The lowest BCUT2D eigenvalue weighted by Crippen LogP contribution is -2.33. The van der Waals surface area contributed by atoms with Gasteiger partial charge < -0.3 is 9.88 Å². The van der Waals surface area contributed by atoms with Crippen LogP contribution in [0.15, 0.2) is 54.7 Å². The molecule has 0 spiro atoms. The van der Waals surface area contributed by atoms with E-state index < -0.39 is 0 Å². The van der Waals surface area contributed by atoms with Crippen LogP contribution in [0.5, 0.6) is 0 Å². The van der Waals surface area contributed by atoms with Gasteiger partial charge in [-0.3, -0.25) is 4.79 Å². The third-order valence-corrected chi connectivity index (χ3v) is 5.22. The Kier molecular flexibility index (Phi) is 5.94. The number of benzene rings is 2. The molecule has 4 heteroatoms. The number of hydrogen-bond donors (Lipinski definition) is 1. The van der Waals surface area contributed by atoms with Gasteiger partial charge in [0, 0.05) is 42.0 Å². The summed E-state index contributed by atoms with van der Waals surface area (Å²) in [6.07, 6.45) is 3.37. The van der Waals surface area contributed by atoms with Crippen LogP contribution in [0.3, 0.4) is 0 Å². The lowest BCUT2D eigenvalue weighted by atomic mass is 9.88. The van der Waals surface area contributed by atoms with Gasteiger partial charge in [-0.1, -0.05) is 37.3 Å². The van der Waals surface area contributed by atoms with E-state index in [1.165, 1.54) is 12.1 Å². The number of amides is 1. The highest BCUT2D eigenvalue weighted by atomic mass is 19.1. The average Bonchev–Trinajstić information content (AvgIpc) is 3.05. The van der Waals surface area contributed by atoms with Crippen LogP contribution in [0, 0.1) is 5.82 Å². The summed E-state index contributed by atoms with van der Waals surface area (Å²) in [5.74, 6) is -0.364. The first-order chi connectivity index (χ1) is 13.0. The SMILES string of the molecule is CC[C@@H](C)NC(=O)C[C@H](c1ccc(F)cc1)c1cn(CC)c2ccccc12. The molecule has 0 aliphatic heterocycles. The normalized spacial score (nSPS) is 13.5. The van der Waals surface area contributed by atoms with Crippen molar-refractivity contribution in [3.63, 3.8) is 0 Å². The summed E-state index contributed by atoms with van der Waals surface area (Å²) in [6.45, 7) is 7.03. The van der Waals surface area contributed by atoms with Gasteiger partial charge in [-0.15, -0.1) is 0 Å². The minimum Gasteiger partial charge on any atom is -0.354 e. The Morgan fingerprint density at radius 3 is 2.48 bits per heavy atom. The lowest BCUT2D eigenvalue weighted by molar-refractivity contribution is -0.121. The number of hydrogen-bond acceptors (Lipinski definition) is 1. The monoisotopic (exact) mass is 366 g/mol. The molecule has 0 saturated heterocycles. The molecule has 0 radical (unpaired) electrons. The fourth-order valence-electron chi connectivity index (χ4n) is 3.54. The van der Waals surface area contributed by atoms with Crippen molar-refractivity contribution >= 4 is 16.8 Å². The van der Waals surface area contributed by atoms with E-state index in [2.05, 4.69) is 42.1 Å². The van der Waals surface area contributed by atoms with E-state index in [1.54, 1.807) is 12.1 Å². The Balaban J connectivity index is 2.04. The molecular formula is C23H27FN2O. The zero-order valence-electron chi connectivity index (χ0n) is 16.2. The minimum absolute atomic E-state index is 0.0204. The molecule has 1 N–H and O–H groups in total. The second kappa shape index (κ2) is 8.38. The molecule has 2 aromatic carbocycles. The first kappa shape index (κ1) is 19.2. The molecule has 1 aromatic heterocycles. The number of nitrogens with one attached hydrogen (secondary N) is 1. The Labute approximate surface area is 160 Å². The highest BCUT2D eigenvalue weighted by Gasteiger charge is 2.23. The lowest BCUT2D eigenvalue weighted by Gasteiger charge is -2.19. The summed E-state index contributed by atoms with van der Waals surface area (Å²) in [5, 5.41) is 4.20. The molecule has 3 rings (SSSR count). The molecule has 0 bridgehead atoms. The van der Waals surface area contributed by atoms with E-state index in [4.69, 9.17) is 0 Å². The number of para-hydroxylation sites is 1. The van der Waals surface area contributed by atoms with Gasteiger partial charge in [0.2, 0.25) is 5.91 Å². The van der Waals surface area contributed by atoms with E-state index in [0.717, 1.165) is 35.0 Å². The second-order valence-corrected chi connectivity index (χ2v) is 7.07. The Bertz CT molecular complexity index is 914. The van der Waals surface area contributed by atoms with E-state index in [0.29, 0.717) is 6.42 Å². The maximum Gasteiger partial charge on any atom is 0.221 e. The molecule has 27 heavy (non-hydrogen) atoms. The first-order valence-electron chi connectivity index (χ1n) is 9.66. The predicted octanol–water partition coefficient (Wildman–Crippen LogP) is 5.24. The van der Waals surface area contributed by atoms with Crippen molar-refractivity contribution in [1.29, 1.82) is 0 Å². The van der Waals surface area contributed by atoms with Gasteiger partial charge >= 0.3 is 0 Å². The first-order valence-corrected chi connectivity index (χ1v) is 9.66. The van der Waals surface area contributed by atoms with Crippen LogP contribution in [-0.2, 0) is 11.3 Å². The number of carbonyl (C=O) groups is 1. The largest absolute Gasteiger partial charge is 0.354 e. The van der Waals surface area contributed by atoms with Crippen LogP contribution in [0.4, 0.5) is 4.39 Å². The number of rotatable bonds is 7. The predicted molar refractivity (Wildman–Crippen MR) is 108 cm³/mol. The molecule has 0 unspecified atom stereocenters. The van der Waals surface area contributed by atoms with Crippen molar-refractivity contribution in [1.82, 2.24) is 9.88 Å². The van der Waals surface area contributed by atoms with Gasteiger partial charge in [-0.25, -0.2) is 4.39 Å². The van der Waals surface area contributed by atoms with Gasteiger partial charge in [-0.05, 0) is 49.6 Å². The van der Waals surface area contributed by atoms with E-state index >= 15 is 0 Å². The van der Waals surface area contributed by atoms with Gasteiger partial charge in [0.1, 0.15) is 5.82 Å². The number of aryl methyl sites for hydroxylation is 1. The topological polar surface area (TPSA) is 34.0 Å². The van der Waals surface area contributed by atoms with E-state index in [9.17, 15) is 9.18 Å². The maximum absolute atomic E-state index is 13.5. The van der Waals surface area contributed by atoms with Gasteiger partial charge in [0.05, 0.1) is 0 Å². The molecule has 0 aliphatic carbocycles. The molecule has 3 nitrogen and oxygen atoms in total. The quantitative estimate of drug-likeness (QED) is 0.610. The zero-order valence-corrected chi connectivity index (χ0v) is 16.2. The fraction of sp³-hybridized carbons (Fsp3) is 0.348. The molecule has 1 heterocycles. The van der Waals surface area contributed by atoms with Gasteiger partial charge in [0.15, 0.2) is 0 Å². The molecule has 0 saturated carbocycles. The van der Waals surface area contributed by atoms with E-state index in [-0.39, 0.29) is 23.7 Å². The van der Waals surface area contributed by atoms with Crippen molar-refractivity contribution in [3.8, 4) is 0 Å². The summed E-state index contributed by atoms with van der Waals surface area (Å²) in [7, 11) is 0. The summed E-state index contributed by atoms with van der Waals surface area (Å²) in [6, 6.07) is 14.9. The van der Waals surface area contributed by atoms with Crippen molar-refractivity contribution in [2.75, 3.05) is 0 Å². The molecule has 0 aliphatic rings. The van der Waals surface area contributed by atoms with Crippen molar-refractivity contribution in [2.24, 2.45) is 0 Å². The van der Waals surface area contributed by atoms with Gasteiger partial charge in [-0.2, -0.15) is 0 Å². The molecular weight excluding hydrogens is 339 g/mol. The van der Waals surface area contributed by atoms with E-state index in [1.807, 2.05) is 19.1 Å². The van der Waals surface area contributed by atoms with Crippen LogP contribution < -0.4 is 5.32 Å². The van der Waals surface area contributed by atoms with Crippen LogP contribution in [0.1, 0.15) is 50.7 Å². The molecule has 142 valence electrons. The Hall–Kier alpha value is -2.62. The van der Waals surface area contributed by atoms with Crippen molar-refractivity contribution in [3.05, 3.63) is 71.7 Å². The van der Waals surface area contributed by atoms with Crippen LogP contribution >= 0.6 is 0 Å². The summed E-state index contributed by atoms with van der Waals surface area (Å²) in [5.41, 5.74) is 3.22. The number of nitrogens with zero attached hydrogens (tertiary/aromatic N) is 1. The molecule has 3 aromatic rings. The number of fused-ring (bicyclic) bond motifs is 1.